The average Bonchev–Trinajstić information content (AvgIpc) is 2.94. The van der Waals surface area contributed by atoms with Crippen LogP contribution in [0.3, 0.4) is 0 Å². The maximum Gasteiger partial charge on any atom is 0.136 e. The highest BCUT2D eigenvalue weighted by atomic mass is 19.1. The molecule has 3 aromatic carbocycles. The van der Waals surface area contributed by atoms with Crippen molar-refractivity contribution in [3.8, 4) is 11.1 Å². The summed E-state index contributed by atoms with van der Waals surface area (Å²) in [5, 5.41) is 23.4. The molecule has 0 aromatic heterocycles. The zero-order chi connectivity index (χ0) is 25.1. The summed E-state index contributed by atoms with van der Waals surface area (Å²) < 4.78 is 13.8. The van der Waals surface area contributed by atoms with E-state index < -0.39 is 11.7 Å². The van der Waals surface area contributed by atoms with Crippen molar-refractivity contribution in [3.05, 3.63) is 95.8 Å². The minimum Gasteiger partial charge on any atom is -0.530 e. The number of hydrogen-bond donors (Lipinski definition) is 1. The van der Waals surface area contributed by atoms with Crippen LogP contribution >= 0.6 is 0 Å². The number of amides is 1. The number of carbonyl (C=O) groups is 1. The van der Waals surface area contributed by atoms with Gasteiger partial charge in [-0.2, -0.15) is 0 Å². The van der Waals surface area contributed by atoms with Gasteiger partial charge in [0.1, 0.15) is 17.5 Å². The summed E-state index contributed by atoms with van der Waals surface area (Å²) in [7, 11) is 0. The fourth-order valence-corrected chi connectivity index (χ4v) is 5.99. The Morgan fingerprint density at radius 2 is 1.31 bits per heavy atom. The molecule has 36 heavy (non-hydrogen) atoms. The van der Waals surface area contributed by atoms with Crippen LogP contribution in [0.2, 0.25) is 0 Å². The molecular weight excluding hydrogens is 455 g/mol. The predicted octanol–water partition coefficient (Wildman–Crippen LogP) is 4.25. The number of benzene rings is 3. The summed E-state index contributed by atoms with van der Waals surface area (Å²) >= 11 is 0. The summed E-state index contributed by atoms with van der Waals surface area (Å²) in [5.74, 6) is -0.344. The number of nitrogens with zero attached hydrogens (tertiary/aromatic N) is 2. The number of carboxylic acid groups (broad SMARTS) is 1. The Morgan fingerprint density at radius 1 is 0.778 bits per heavy atom. The predicted molar refractivity (Wildman–Crippen MR) is 136 cm³/mol. The molecule has 188 valence electrons. The molecule has 0 radical (unpaired) electrons. The lowest BCUT2D eigenvalue weighted by Gasteiger charge is -2.46. The Bertz CT molecular complexity index is 1150. The molecule has 0 saturated carbocycles. The third kappa shape index (κ3) is 4.88. The molecule has 3 aromatic rings. The summed E-state index contributed by atoms with van der Waals surface area (Å²) in [5.41, 5.74) is 2.49. The first-order valence-corrected chi connectivity index (χ1v) is 12.8. The van der Waals surface area contributed by atoms with Gasteiger partial charge in [-0.25, -0.2) is 4.39 Å². The first-order valence-electron chi connectivity index (χ1n) is 12.8. The van der Waals surface area contributed by atoms with Gasteiger partial charge in [-0.3, -0.25) is 0 Å². The largest absolute Gasteiger partial charge is 0.530 e. The van der Waals surface area contributed by atoms with Gasteiger partial charge in [0.2, 0.25) is 0 Å². The summed E-state index contributed by atoms with van der Waals surface area (Å²) in [6.07, 6.45) is 2.13. The van der Waals surface area contributed by atoms with Crippen LogP contribution in [-0.4, -0.2) is 53.2 Å². The lowest BCUT2D eigenvalue weighted by Crippen LogP contribution is -2.53. The Labute approximate surface area is 211 Å². The van der Waals surface area contributed by atoms with Crippen molar-refractivity contribution in [2.45, 2.75) is 37.3 Å². The van der Waals surface area contributed by atoms with E-state index in [2.05, 4.69) is 17.0 Å². The molecule has 1 atom stereocenters. The SMILES string of the molecule is O=C([O-])N1CCC(N2CCC(C(O)(c3ccc(F)cc3)c3ccc(-c4ccccc4)cc3)CC2)CC1. The van der Waals surface area contributed by atoms with E-state index in [0.29, 0.717) is 24.7 Å². The molecule has 6 heteroatoms. The highest BCUT2D eigenvalue weighted by Crippen LogP contribution is 2.43. The van der Waals surface area contributed by atoms with Crippen molar-refractivity contribution in [1.29, 1.82) is 0 Å². The van der Waals surface area contributed by atoms with Gasteiger partial charge in [0.05, 0.1) is 0 Å². The smallest absolute Gasteiger partial charge is 0.136 e. The van der Waals surface area contributed by atoms with Crippen molar-refractivity contribution in [1.82, 2.24) is 9.80 Å². The minimum atomic E-state index is -1.23. The van der Waals surface area contributed by atoms with E-state index in [1.54, 1.807) is 12.1 Å². The van der Waals surface area contributed by atoms with E-state index >= 15 is 0 Å². The van der Waals surface area contributed by atoms with E-state index in [1.165, 1.54) is 17.0 Å². The molecule has 1 amide bonds. The Kier molecular flexibility index (Phi) is 7.08. The number of aliphatic hydroxyl groups is 1. The first-order chi connectivity index (χ1) is 17.4. The fourth-order valence-electron chi connectivity index (χ4n) is 5.99. The summed E-state index contributed by atoms with van der Waals surface area (Å²) in [6, 6.07) is 24.8. The standard InChI is InChI=1S/C30H33FN2O3/c31-27-12-10-25(11-13-27)30(36,24-8-6-23(7-9-24)22-4-2-1-3-5-22)26-14-18-32(19-15-26)28-16-20-33(21-17-28)29(34)35/h1-13,26,28,36H,14-21H2,(H,34,35)/p-1. The van der Waals surface area contributed by atoms with Crippen molar-refractivity contribution < 1.29 is 19.4 Å². The van der Waals surface area contributed by atoms with Crippen molar-refractivity contribution >= 4 is 6.09 Å². The number of likely N-dealkylation sites (tertiary alicyclic amines) is 2. The zero-order valence-corrected chi connectivity index (χ0v) is 20.4. The number of halogens is 1. The molecule has 0 bridgehead atoms. The van der Waals surface area contributed by atoms with Gasteiger partial charge in [0.25, 0.3) is 0 Å². The van der Waals surface area contributed by atoms with Gasteiger partial charge in [0.15, 0.2) is 0 Å². The molecular formula is C30H32FN2O3-. The first kappa shape index (κ1) is 24.5. The van der Waals surface area contributed by atoms with Crippen LogP contribution in [0.15, 0.2) is 78.9 Å². The van der Waals surface area contributed by atoms with Crippen molar-refractivity contribution in [2.24, 2.45) is 5.92 Å². The van der Waals surface area contributed by atoms with Gasteiger partial charge >= 0.3 is 0 Å². The second-order valence-corrected chi connectivity index (χ2v) is 10.0. The molecule has 2 aliphatic rings. The third-order valence-electron chi connectivity index (χ3n) is 8.08. The molecule has 5 rings (SSSR count). The van der Waals surface area contributed by atoms with Crippen LogP contribution in [0.5, 0.6) is 0 Å². The van der Waals surface area contributed by atoms with Gasteiger partial charge in [-0.05, 0) is 79.1 Å². The van der Waals surface area contributed by atoms with Crippen LogP contribution in [0.25, 0.3) is 11.1 Å². The molecule has 2 fully saturated rings. The van der Waals surface area contributed by atoms with Crippen LogP contribution in [0.1, 0.15) is 36.8 Å². The average molecular weight is 488 g/mol. The van der Waals surface area contributed by atoms with Crippen LogP contribution in [0, 0.1) is 11.7 Å². The molecule has 1 N–H and O–H groups in total. The van der Waals surface area contributed by atoms with Gasteiger partial charge in [-0.15, -0.1) is 0 Å². The second kappa shape index (κ2) is 10.4. The van der Waals surface area contributed by atoms with Crippen LogP contribution in [0.4, 0.5) is 9.18 Å². The Balaban J connectivity index is 1.36. The zero-order valence-electron chi connectivity index (χ0n) is 20.4. The third-order valence-corrected chi connectivity index (χ3v) is 8.08. The normalized spacial score (nSPS) is 19.7. The van der Waals surface area contributed by atoms with E-state index in [1.807, 2.05) is 42.5 Å². The van der Waals surface area contributed by atoms with E-state index in [0.717, 1.165) is 55.5 Å². The maximum atomic E-state index is 13.8. The molecule has 2 aliphatic heterocycles. The van der Waals surface area contributed by atoms with Gasteiger partial charge in [-0.1, -0.05) is 66.7 Å². The quantitative estimate of drug-likeness (QED) is 0.584. The summed E-state index contributed by atoms with van der Waals surface area (Å²) in [6.45, 7) is 2.71. The Morgan fingerprint density at radius 3 is 1.86 bits per heavy atom. The summed E-state index contributed by atoms with van der Waals surface area (Å²) in [4.78, 5) is 15.0. The van der Waals surface area contributed by atoms with E-state index in [4.69, 9.17) is 0 Å². The van der Waals surface area contributed by atoms with Crippen molar-refractivity contribution in [2.75, 3.05) is 26.2 Å². The highest BCUT2D eigenvalue weighted by molar-refractivity contribution is 5.64. The number of hydrogen-bond acceptors (Lipinski definition) is 4. The molecule has 0 aliphatic carbocycles. The molecule has 5 nitrogen and oxygen atoms in total. The van der Waals surface area contributed by atoms with E-state index in [9.17, 15) is 19.4 Å². The minimum absolute atomic E-state index is 0.0231. The van der Waals surface area contributed by atoms with Crippen molar-refractivity contribution in [3.63, 3.8) is 0 Å². The van der Waals surface area contributed by atoms with E-state index in [-0.39, 0.29) is 11.7 Å². The Hall–Kier alpha value is -3.22. The second-order valence-electron chi connectivity index (χ2n) is 10.0. The lowest BCUT2D eigenvalue weighted by molar-refractivity contribution is -0.266. The number of carbonyl (C=O) groups excluding carboxylic acids is 1. The van der Waals surface area contributed by atoms with Gasteiger partial charge in [0, 0.05) is 19.1 Å². The van der Waals surface area contributed by atoms with Crippen LogP contribution in [-0.2, 0) is 5.60 Å². The molecule has 0 spiro atoms. The monoisotopic (exact) mass is 487 g/mol. The van der Waals surface area contributed by atoms with Crippen LogP contribution < -0.4 is 5.11 Å². The molecule has 1 unspecified atom stereocenters. The number of rotatable bonds is 5. The van der Waals surface area contributed by atoms with Gasteiger partial charge < -0.3 is 24.8 Å². The lowest BCUT2D eigenvalue weighted by atomic mass is 9.71. The molecule has 2 saturated heterocycles. The number of piperidine rings is 2. The maximum absolute atomic E-state index is 13.8. The molecule has 2 heterocycles. The highest BCUT2D eigenvalue weighted by Gasteiger charge is 2.42. The topological polar surface area (TPSA) is 66.8 Å². The fraction of sp³-hybridized carbons (Fsp3) is 0.367.